The Morgan fingerprint density at radius 3 is 2.67 bits per heavy atom. The van der Waals surface area contributed by atoms with Gasteiger partial charge in [0.2, 0.25) is 0 Å². The summed E-state index contributed by atoms with van der Waals surface area (Å²) in [6.07, 6.45) is 0. The van der Waals surface area contributed by atoms with E-state index in [0.29, 0.717) is 9.16 Å². The maximum absolute atomic E-state index is 5.54. The van der Waals surface area contributed by atoms with Gasteiger partial charge in [0, 0.05) is 5.41 Å². The summed E-state index contributed by atoms with van der Waals surface area (Å²) in [5, 5.41) is 8.74. The summed E-state index contributed by atoms with van der Waals surface area (Å²) in [5.41, 5.74) is 0. The Kier molecular flexibility index (Phi) is 3.60. The zero-order valence-electron chi connectivity index (χ0n) is 7.62. The van der Waals surface area contributed by atoms with Crippen molar-refractivity contribution in [3.05, 3.63) is 32.3 Å². The van der Waals surface area contributed by atoms with Gasteiger partial charge in [-0.3, -0.25) is 0 Å². The van der Waals surface area contributed by atoms with Gasteiger partial charge in [-0.05, 0) is 16.2 Å². The molecule has 15 heavy (non-hydrogen) atoms. The van der Waals surface area contributed by atoms with Crippen LogP contribution in [0.15, 0.2) is 32.3 Å². The molecule has 80 valence electrons. The summed E-state index contributed by atoms with van der Waals surface area (Å²) in [6.45, 7) is 0. The molecule has 6 heteroatoms. The molecule has 0 aromatic heterocycles. The standard InChI is InChI=1S/C9H8OS5/c1-2-13-8(12-1)9-14-4-7(15-9)6-3-11-5-10-6/h1-4,8-9H,5H2. The van der Waals surface area contributed by atoms with Crippen molar-refractivity contribution in [3.8, 4) is 0 Å². The molecule has 0 N–H and O–H groups in total. The molecule has 0 radical (unpaired) electrons. The van der Waals surface area contributed by atoms with Crippen molar-refractivity contribution < 1.29 is 4.74 Å². The Morgan fingerprint density at radius 1 is 1.07 bits per heavy atom. The highest BCUT2D eigenvalue weighted by molar-refractivity contribution is 8.29. The van der Waals surface area contributed by atoms with Crippen molar-refractivity contribution in [1.82, 2.24) is 0 Å². The van der Waals surface area contributed by atoms with E-state index in [4.69, 9.17) is 4.74 Å². The zero-order chi connectivity index (χ0) is 10.1. The molecule has 3 aliphatic rings. The van der Waals surface area contributed by atoms with E-state index in [1.807, 2.05) is 47.0 Å². The van der Waals surface area contributed by atoms with E-state index in [1.54, 1.807) is 11.8 Å². The van der Waals surface area contributed by atoms with Crippen molar-refractivity contribution in [2.45, 2.75) is 9.16 Å². The van der Waals surface area contributed by atoms with E-state index in [-0.39, 0.29) is 0 Å². The smallest absolute Gasteiger partial charge is 0.141 e. The normalized spacial score (nSPS) is 30.5. The van der Waals surface area contributed by atoms with Crippen LogP contribution in [-0.4, -0.2) is 15.1 Å². The summed E-state index contributed by atoms with van der Waals surface area (Å²) in [4.78, 5) is 1.31. The summed E-state index contributed by atoms with van der Waals surface area (Å²) in [6, 6.07) is 0. The third-order valence-electron chi connectivity index (χ3n) is 1.97. The summed E-state index contributed by atoms with van der Waals surface area (Å²) >= 11 is 9.45. The molecule has 0 saturated heterocycles. The molecule has 0 aromatic rings. The lowest BCUT2D eigenvalue weighted by atomic mass is 10.5. The van der Waals surface area contributed by atoms with Gasteiger partial charge in [0.15, 0.2) is 0 Å². The van der Waals surface area contributed by atoms with Crippen LogP contribution < -0.4 is 0 Å². The highest BCUT2D eigenvalue weighted by atomic mass is 32.2. The maximum atomic E-state index is 5.54. The number of ether oxygens (including phenoxy) is 1. The molecule has 1 nitrogen and oxygen atoms in total. The number of hydrogen-bond donors (Lipinski definition) is 0. The molecule has 0 saturated carbocycles. The minimum absolute atomic E-state index is 0.625. The lowest BCUT2D eigenvalue weighted by molar-refractivity contribution is 0.295. The van der Waals surface area contributed by atoms with Crippen LogP contribution in [0.3, 0.4) is 0 Å². The first-order valence-electron chi connectivity index (χ1n) is 4.37. The van der Waals surface area contributed by atoms with E-state index in [1.165, 1.54) is 4.91 Å². The maximum Gasteiger partial charge on any atom is 0.141 e. The van der Waals surface area contributed by atoms with Gasteiger partial charge in [-0.15, -0.1) is 47.0 Å². The molecule has 1 unspecified atom stereocenters. The number of hydrogen-bond acceptors (Lipinski definition) is 6. The largest absolute Gasteiger partial charge is 0.481 e. The second-order valence-electron chi connectivity index (χ2n) is 2.93. The molecular weight excluding hydrogens is 284 g/mol. The number of thioether (sulfide) groups is 5. The Balaban J connectivity index is 1.61. The van der Waals surface area contributed by atoms with Gasteiger partial charge in [-0.25, -0.2) is 0 Å². The van der Waals surface area contributed by atoms with E-state index in [9.17, 15) is 0 Å². The minimum Gasteiger partial charge on any atom is -0.481 e. The lowest BCUT2D eigenvalue weighted by Crippen LogP contribution is -2.06. The third-order valence-corrected chi connectivity index (χ3v) is 8.56. The summed E-state index contributed by atoms with van der Waals surface area (Å²) in [7, 11) is 0. The van der Waals surface area contributed by atoms with Crippen LogP contribution in [-0.2, 0) is 4.74 Å². The van der Waals surface area contributed by atoms with Crippen LogP contribution >= 0.6 is 58.8 Å². The summed E-state index contributed by atoms with van der Waals surface area (Å²) < 4.78 is 6.82. The van der Waals surface area contributed by atoms with Gasteiger partial charge >= 0.3 is 0 Å². The molecule has 3 aliphatic heterocycles. The lowest BCUT2D eigenvalue weighted by Gasteiger charge is -2.14. The predicted octanol–water partition coefficient (Wildman–Crippen LogP) is 4.47. The second-order valence-corrected chi connectivity index (χ2v) is 8.63. The van der Waals surface area contributed by atoms with Crippen molar-refractivity contribution in [2.24, 2.45) is 0 Å². The van der Waals surface area contributed by atoms with Gasteiger partial charge in [0.1, 0.15) is 11.7 Å². The zero-order valence-corrected chi connectivity index (χ0v) is 11.7. The molecular formula is C9H8OS5. The van der Waals surface area contributed by atoms with E-state index in [2.05, 4.69) is 21.6 Å². The predicted molar refractivity (Wildman–Crippen MR) is 76.8 cm³/mol. The monoisotopic (exact) mass is 292 g/mol. The molecule has 0 aromatic carbocycles. The van der Waals surface area contributed by atoms with E-state index in [0.717, 1.165) is 11.7 Å². The fourth-order valence-corrected chi connectivity index (χ4v) is 7.37. The SMILES string of the molecule is C1=CSC(C2SC=C(C3=CSCO3)S2)S1. The molecule has 0 amide bonds. The quantitative estimate of drug-likeness (QED) is 0.737. The molecule has 0 aliphatic carbocycles. The van der Waals surface area contributed by atoms with E-state index >= 15 is 0 Å². The van der Waals surface area contributed by atoms with Crippen LogP contribution in [0.25, 0.3) is 0 Å². The van der Waals surface area contributed by atoms with Crippen molar-refractivity contribution in [1.29, 1.82) is 0 Å². The van der Waals surface area contributed by atoms with Crippen LogP contribution in [0, 0.1) is 0 Å². The Labute approximate surface area is 110 Å². The van der Waals surface area contributed by atoms with Gasteiger partial charge in [-0.1, -0.05) is 11.8 Å². The fraction of sp³-hybridized carbons (Fsp3) is 0.333. The van der Waals surface area contributed by atoms with Gasteiger partial charge < -0.3 is 4.74 Å². The topological polar surface area (TPSA) is 9.23 Å². The highest BCUT2D eigenvalue weighted by Crippen LogP contribution is 2.53. The Bertz CT molecular complexity index is 340. The molecule has 0 spiro atoms. The number of rotatable bonds is 2. The van der Waals surface area contributed by atoms with Crippen LogP contribution in [0.5, 0.6) is 0 Å². The third kappa shape index (κ3) is 2.39. The highest BCUT2D eigenvalue weighted by Gasteiger charge is 2.31. The van der Waals surface area contributed by atoms with Crippen LogP contribution in [0.2, 0.25) is 0 Å². The van der Waals surface area contributed by atoms with Gasteiger partial charge in [0.05, 0.1) is 14.1 Å². The molecule has 0 bridgehead atoms. The average Bonchev–Trinajstić information content (AvgIpc) is 3.02. The van der Waals surface area contributed by atoms with Crippen LogP contribution in [0.1, 0.15) is 0 Å². The molecule has 0 fully saturated rings. The van der Waals surface area contributed by atoms with E-state index < -0.39 is 0 Å². The van der Waals surface area contributed by atoms with Crippen LogP contribution in [0.4, 0.5) is 0 Å². The first-order chi connectivity index (χ1) is 7.43. The van der Waals surface area contributed by atoms with Gasteiger partial charge in [0.25, 0.3) is 0 Å². The molecule has 3 rings (SSSR count). The Morgan fingerprint density at radius 2 is 1.93 bits per heavy atom. The first-order valence-corrected chi connectivity index (χ1v) is 9.12. The van der Waals surface area contributed by atoms with Crippen molar-refractivity contribution >= 4 is 58.8 Å². The fourth-order valence-electron chi connectivity index (χ4n) is 1.30. The first kappa shape index (κ1) is 10.9. The minimum atomic E-state index is 0.625. The summed E-state index contributed by atoms with van der Waals surface area (Å²) in [5.74, 6) is 1.85. The second kappa shape index (κ2) is 4.96. The van der Waals surface area contributed by atoms with Crippen molar-refractivity contribution in [3.63, 3.8) is 0 Å². The van der Waals surface area contributed by atoms with Crippen molar-refractivity contribution in [2.75, 3.05) is 5.94 Å². The molecule has 3 heterocycles. The average molecular weight is 292 g/mol. The Hall–Kier alpha value is 0.770. The van der Waals surface area contributed by atoms with Gasteiger partial charge in [-0.2, -0.15) is 0 Å². The molecule has 1 atom stereocenters.